The van der Waals surface area contributed by atoms with E-state index in [9.17, 15) is 33.0 Å². The molecule has 2 aromatic heterocycles. The van der Waals surface area contributed by atoms with Crippen LogP contribution in [0, 0.1) is 0 Å². The minimum absolute atomic E-state index is 0.0509. The van der Waals surface area contributed by atoms with Crippen molar-refractivity contribution in [3.63, 3.8) is 0 Å². The second-order valence-corrected chi connectivity index (χ2v) is 7.59. The topological polar surface area (TPSA) is 116 Å². The Morgan fingerprint density at radius 2 is 1.85 bits per heavy atom. The van der Waals surface area contributed by atoms with E-state index in [1.54, 1.807) is 24.3 Å². The first-order valence-corrected chi connectivity index (χ1v) is 10.2. The largest absolute Gasteiger partial charge is 0.465 e. The number of amides is 2. The SMILES string of the molecule is O=C(c1ccc2cc(Oc3ccc(C(F)(F)F)nc3)ccc2n1)N1CCN(C(=O)O)C(CO)C1. The zero-order valence-corrected chi connectivity index (χ0v) is 17.6. The molecule has 0 spiro atoms. The highest BCUT2D eigenvalue weighted by molar-refractivity contribution is 5.95. The lowest BCUT2D eigenvalue weighted by molar-refractivity contribution is -0.141. The van der Waals surface area contributed by atoms with Gasteiger partial charge in [0.25, 0.3) is 5.91 Å². The second kappa shape index (κ2) is 9.14. The van der Waals surface area contributed by atoms with Crippen molar-refractivity contribution in [2.45, 2.75) is 12.2 Å². The van der Waals surface area contributed by atoms with Crippen LogP contribution in [0.3, 0.4) is 0 Å². The molecule has 1 aliphatic heterocycles. The number of aliphatic hydroxyl groups is 1. The number of carboxylic acid groups (broad SMARTS) is 1. The van der Waals surface area contributed by atoms with Gasteiger partial charge in [0.2, 0.25) is 0 Å². The Hall–Kier alpha value is -3.93. The van der Waals surface area contributed by atoms with Gasteiger partial charge in [0.1, 0.15) is 22.9 Å². The first-order valence-electron chi connectivity index (χ1n) is 10.2. The van der Waals surface area contributed by atoms with Crippen molar-refractivity contribution in [3.05, 3.63) is 60.0 Å². The molecule has 4 rings (SSSR count). The number of fused-ring (bicyclic) bond motifs is 1. The van der Waals surface area contributed by atoms with Crippen molar-refractivity contribution in [1.29, 1.82) is 0 Å². The highest BCUT2D eigenvalue weighted by atomic mass is 19.4. The molecule has 1 unspecified atom stereocenters. The van der Waals surface area contributed by atoms with E-state index in [2.05, 4.69) is 9.97 Å². The number of alkyl halides is 3. The van der Waals surface area contributed by atoms with Crippen molar-refractivity contribution < 1.29 is 37.7 Å². The van der Waals surface area contributed by atoms with Crippen molar-refractivity contribution >= 4 is 22.9 Å². The third-order valence-electron chi connectivity index (χ3n) is 5.37. The number of rotatable bonds is 4. The highest BCUT2D eigenvalue weighted by Gasteiger charge is 2.33. The minimum Gasteiger partial charge on any atom is -0.465 e. The number of carbonyl (C=O) groups is 2. The highest BCUT2D eigenvalue weighted by Crippen LogP contribution is 2.30. The third-order valence-corrected chi connectivity index (χ3v) is 5.37. The van der Waals surface area contributed by atoms with Crippen LogP contribution in [0.15, 0.2) is 48.7 Å². The molecular formula is C22H19F3N4O5. The van der Waals surface area contributed by atoms with Crippen LogP contribution in [0.1, 0.15) is 16.2 Å². The molecule has 0 aliphatic carbocycles. The van der Waals surface area contributed by atoms with Gasteiger partial charge in [0.15, 0.2) is 0 Å². The number of benzene rings is 1. The predicted octanol–water partition coefficient (Wildman–Crippen LogP) is 3.24. The maximum absolute atomic E-state index is 12.9. The number of hydrogen-bond acceptors (Lipinski definition) is 6. The van der Waals surface area contributed by atoms with E-state index in [-0.39, 0.29) is 37.0 Å². The molecule has 1 atom stereocenters. The number of aromatic nitrogens is 2. The van der Waals surface area contributed by atoms with Crippen LogP contribution in [-0.4, -0.2) is 74.3 Å². The van der Waals surface area contributed by atoms with Crippen LogP contribution in [0.2, 0.25) is 0 Å². The normalized spacial score (nSPS) is 16.5. The number of nitrogens with zero attached hydrogens (tertiary/aromatic N) is 4. The van der Waals surface area contributed by atoms with Crippen LogP contribution in [0.4, 0.5) is 18.0 Å². The molecule has 2 N–H and O–H groups in total. The molecule has 34 heavy (non-hydrogen) atoms. The van der Waals surface area contributed by atoms with E-state index in [1.165, 1.54) is 17.0 Å². The quantitative estimate of drug-likeness (QED) is 0.594. The molecular weight excluding hydrogens is 457 g/mol. The molecule has 1 aromatic carbocycles. The fourth-order valence-electron chi connectivity index (χ4n) is 3.64. The first kappa shape index (κ1) is 23.2. The minimum atomic E-state index is -4.54. The Kier molecular flexibility index (Phi) is 6.24. The second-order valence-electron chi connectivity index (χ2n) is 7.59. The lowest BCUT2D eigenvalue weighted by atomic mass is 10.1. The van der Waals surface area contributed by atoms with Gasteiger partial charge in [-0.15, -0.1) is 0 Å². The summed E-state index contributed by atoms with van der Waals surface area (Å²) in [5.41, 5.74) is -0.366. The Morgan fingerprint density at radius 3 is 2.50 bits per heavy atom. The summed E-state index contributed by atoms with van der Waals surface area (Å²) in [5.74, 6) is 0.0955. The van der Waals surface area contributed by atoms with Crippen molar-refractivity contribution in [2.24, 2.45) is 0 Å². The van der Waals surface area contributed by atoms with E-state index >= 15 is 0 Å². The van der Waals surface area contributed by atoms with Gasteiger partial charge in [0, 0.05) is 25.0 Å². The Bertz CT molecular complexity index is 1220. The number of aliphatic hydroxyl groups excluding tert-OH is 1. The first-order chi connectivity index (χ1) is 16.2. The fourth-order valence-corrected chi connectivity index (χ4v) is 3.64. The third kappa shape index (κ3) is 4.86. The summed E-state index contributed by atoms with van der Waals surface area (Å²) in [6.07, 6.45) is -4.71. The van der Waals surface area contributed by atoms with Crippen LogP contribution in [-0.2, 0) is 6.18 Å². The Balaban J connectivity index is 1.48. The average molecular weight is 476 g/mol. The van der Waals surface area contributed by atoms with Crippen LogP contribution >= 0.6 is 0 Å². The van der Waals surface area contributed by atoms with Crippen LogP contribution in [0.25, 0.3) is 10.9 Å². The van der Waals surface area contributed by atoms with E-state index in [4.69, 9.17) is 4.74 Å². The summed E-state index contributed by atoms with van der Waals surface area (Å²) in [4.78, 5) is 34.4. The van der Waals surface area contributed by atoms with Crippen molar-refractivity contribution in [3.8, 4) is 11.5 Å². The summed E-state index contributed by atoms with van der Waals surface area (Å²) in [6, 6.07) is 9.26. The number of halogens is 3. The van der Waals surface area contributed by atoms with Crippen molar-refractivity contribution in [1.82, 2.24) is 19.8 Å². The van der Waals surface area contributed by atoms with Gasteiger partial charge in [-0.25, -0.2) is 14.8 Å². The van der Waals surface area contributed by atoms with Gasteiger partial charge in [-0.2, -0.15) is 13.2 Å². The molecule has 9 nitrogen and oxygen atoms in total. The number of hydrogen-bond donors (Lipinski definition) is 2. The molecule has 0 bridgehead atoms. The molecule has 3 aromatic rings. The molecule has 1 aliphatic rings. The fraction of sp³-hybridized carbons (Fsp3) is 0.273. The number of piperazine rings is 1. The van der Waals surface area contributed by atoms with Crippen LogP contribution in [0.5, 0.6) is 11.5 Å². The van der Waals surface area contributed by atoms with Crippen molar-refractivity contribution in [2.75, 3.05) is 26.2 Å². The van der Waals surface area contributed by atoms with E-state index in [0.29, 0.717) is 16.7 Å². The monoisotopic (exact) mass is 476 g/mol. The zero-order valence-electron chi connectivity index (χ0n) is 17.6. The number of pyridine rings is 2. The maximum atomic E-state index is 12.9. The molecule has 0 saturated carbocycles. The smallest absolute Gasteiger partial charge is 0.433 e. The van der Waals surface area contributed by atoms with Gasteiger partial charge in [-0.3, -0.25) is 9.69 Å². The van der Waals surface area contributed by atoms with Gasteiger partial charge < -0.3 is 19.8 Å². The predicted molar refractivity (Wildman–Crippen MR) is 113 cm³/mol. The summed E-state index contributed by atoms with van der Waals surface area (Å²) in [5, 5.41) is 19.3. The summed E-state index contributed by atoms with van der Waals surface area (Å²) < 4.78 is 43.5. The van der Waals surface area contributed by atoms with E-state index in [0.717, 1.165) is 17.2 Å². The average Bonchev–Trinajstić information content (AvgIpc) is 2.82. The molecule has 1 fully saturated rings. The maximum Gasteiger partial charge on any atom is 0.433 e. The molecule has 2 amide bonds. The Morgan fingerprint density at radius 1 is 1.09 bits per heavy atom. The van der Waals surface area contributed by atoms with E-state index in [1.807, 2.05) is 0 Å². The Labute approximate surface area is 191 Å². The summed E-state index contributed by atoms with van der Waals surface area (Å²) in [7, 11) is 0. The van der Waals surface area contributed by atoms with Gasteiger partial charge in [-0.05, 0) is 36.4 Å². The van der Waals surface area contributed by atoms with Crippen LogP contribution < -0.4 is 4.74 Å². The number of carbonyl (C=O) groups excluding carboxylic acids is 1. The molecule has 3 heterocycles. The van der Waals surface area contributed by atoms with Gasteiger partial charge in [0.05, 0.1) is 24.4 Å². The lowest BCUT2D eigenvalue weighted by Crippen LogP contribution is -2.57. The van der Waals surface area contributed by atoms with Gasteiger partial charge in [-0.1, -0.05) is 6.07 Å². The molecule has 0 radical (unpaired) electrons. The standard InChI is InChI=1S/C22H19F3N4O5/c23-22(24,25)19-6-3-16(10-26-19)34-15-2-5-17-13(9-15)1-4-18(27-17)20(31)28-7-8-29(21(32)33)14(11-28)12-30/h1-6,9-10,14,30H,7-8,11-12H2,(H,32,33). The molecule has 12 heteroatoms. The number of ether oxygens (including phenoxy) is 1. The van der Waals surface area contributed by atoms with Gasteiger partial charge >= 0.3 is 12.3 Å². The van der Waals surface area contributed by atoms with E-state index < -0.39 is 30.6 Å². The zero-order chi connectivity index (χ0) is 24.5. The summed E-state index contributed by atoms with van der Waals surface area (Å²) >= 11 is 0. The molecule has 178 valence electrons. The molecule has 1 saturated heterocycles. The summed E-state index contributed by atoms with van der Waals surface area (Å²) in [6.45, 7) is -0.0948. The lowest BCUT2D eigenvalue weighted by Gasteiger charge is -2.38.